The first kappa shape index (κ1) is 18.7. The molecule has 4 heteroatoms. The van der Waals surface area contributed by atoms with Crippen LogP contribution in [0.4, 0.5) is 0 Å². The molecule has 2 nitrogen and oxygen atoms in total. The van der Waals surface area contributed by atoms with Crippen molar-refractivity contribution in [1.29, 1.82) is 0 Å². The van der Waals surface area contributed by atoms with Gasteiger partial charge in [0.15, 0.2) is 0 Å². The average Bonchev–Trinajstić information content (AvgIpc) is 3.30. The monoisotopic (exact) mass is 631 g/mol. The van der Waals surface area contributed by atoms with Crippen molar-refractivity contribution in [3.8, 4) is 11.3 Å². The molecule has 0 fully saturated rings. The molecule has 2 aromatic carbocycles. The number of benzene rings is 2. The number of rotatable bonds is 5. The SMILES string of the molecule is [2H]C=C([N-]CC(=C[2H])C([2H])([2H])[2H])C1=[C-]C=C2c3ccccc3SC2C1.[Ir+3].[c-]1ccccc1-c1ccccn1. The summed E-state index contributed by atoms with van der Waals surface area (Å²) in [6, 6.07) is 25.1. The Hall–Kier alpha value is -2.65. The number of hydrogen-bond donors (Lipinski definition) is 0. The fourth-order valence-electron chi connectivity index (χ4n) is 3.45. The van der Waals surface area contributed by atoms with Gasteiger partial charge in [-0.15, -0.1) is 66.3 Å². The zero-order chi connectivity index (χ0) is 26.3. The van der Waals surface area contributed by atoms with Crippen LogP contribution >= 0.6 is 11.8 Å². The summed E-state index contributed by atoms with van der Waals surface area (Å²) in [6.45, 7) is -0.475. The normalized spacial score (nSPS) is 19.3. The first-order valence-electron chi connectivity index (χ1n) is 12.9. The van der Waals surface area contributed by atoms with Crippen molar-refractivity contribution in [3.05, 3.63) is 132 Å². The largest absolute Gasteiger partial charge is 3.00 e. The number of pyridine rings is 1. The number of allylic oxidation sites excluding steroid dienone is 3. The van der Waals surface area contributed by atoms with Crippen LogP contribution in [0, 0.1) is 12.1 Å². The Balaban J connectivity index is 0.000000258. The molecule has 166 valence electrons. The van der Waals surface area contributed by atoms with Gasteiger partial charge in [-0.3, -0.25) is 5.70 Å². The van der Waals surface area contributed by atoms with Gasteiger partial charge in [-0.2, -0.15) is 24.3 Å². The number of aromatic nitrogens is 1. The molecule has 0 spiro atoms. The van der Waals surface area contributed by atoms with E-state index >= 15 is 0 Å². The Morgan fingerprint density at radius 3 is 2.82 bits per heavy atom. The number of thioether (sulfide) groups is 1. The first-order valence-corrected chi connectivity index (χ1v) is 11.1. The van der Waals surface area contributed by atoms with E-state index in [1.54, 1.807) is 18.0 Å². The molecular formula is C29H25IrN2S. The van der Waals surface area contributed by atoms with Crippen LogP contribution in [-0.2, 0) is 20.1 Å². The van der Waals surface area contributed by atoms with Gasteiger partial charge in [0.25, 0.3) is 0 Å². The van der Waals surface area contributed by atoms with E-state index in [-0.39, 0.29) is 37.5 Å². The zero-order valence-electron chi connectivity index (χ0n) is 22.8. The molecule has 1 atom stereocenters. The molecule has 1 aromatic heterocycles. The van der Waals surface area contributed by atoms with Crippen molar-refractivity contribution in [2.24, 2.45) is 0 Å². The van der Waals surface area contributed by atoms with Crippen LogP contribution < -0.4 is 0 Å². The summed E-state index contributed by atoms with van der Waals surface area (Å²) in [5, 5.41) is 4.53. The Kier molecular flexibility index (Phi) is 6.81. The number of hydrogen-bond acceptors (Lipinski definition) is 2. The summed E-state index contributed by atoms with van der Waals surface area (Å²) in [6.07, 6.45) is 7.66. The molecule has 1 unspecified atom stereocenters. The number of fused-ring (bicyclic) bond motifs is 3. The molecule has 2 aliphatic rings. The van der Waals surface area contributed by atoms with Gasteiger partial charge < -0.3 is 10.3 Å². The summed E-state index contributed by atoms with van der Waals surface area (Å²) in [5.41, 5.74) is 5.68. The molecule has 1 aliphatic heterocycles. The topological polar surface area (TPSA) is 27.0 Å². The van der Waals surface area contributed by atoms with Crippen molar-refractivity contribution >= 4 is 17.3 Å². The summed E-state index contributed by atoms with van der Waals surface area (Å²) >= 11 is 1.79. The van der Waals surface area contributed by atoms with E-state index < -0.39 is 6.85 Å². The van der Waals surface area contributed by atoms with Crippen molar-refractivity contribution in [1.82, 2.24) is 4.98 Å². The maximum Gasteiger partial charge on any atom is 3.00 e. The third-order valence-corrected chi connectivity index (χ3v) is 6.30. The molecule has 0 saturated carbocycles. The van der Waals surface area contributed by atoms with E-state index in [1.807, 2.05) is 60.7 Å². The third-order valence-electron chi connectivity index (χ3n) is 4.98. The van der Waals surface area contributed by atoms with E-state index in [9.17, 15) is 0 Å². The molecule has 5 rings (SSSR count). The van der Waals surface area contributed by atoms with Gasteiger partial charge in [0.2, 0.25) is 0 Å². The third kappa shape index (κ3) is 6.45. The second kappa shape index (κ2) is 12.0. The van der Waals surface area contributed by atoms with Gasteiger partial charge in [0, 0.05) is 16.6 Å². The smallest absolute Gasteiger partial charge is 0.739 e. The molecule has 0 N–H and O–H groups in total. The molecule has 3 aromatic rings. The Bertz CT molecular complexity index is 1300. The molecular weight excluding hydrogens is 601 g/mol. The molecule has 0 radical (unpaired) electrons. The Morgan fingerprint density at radius 2 is 2.06 bits per heavy atom. The molecule has 0 saturated heterocycles. The van der Waals surface area contributed by atoms with Gasteiger partial charge in [0.05, 0.1) is 1.37 Å². The second-order valence-corrected chi connectivity index (χ2v) is 8.49. The Morgan fingerprint density at radius 1 is 1.18 bits per heavy atom. The molecule has 1 aliphatic carbocycles. The van der Waals surface area contributed by atoms with E-state index in [0.29, 0.717) is 12.1 Å². The second-order valence-electron chi connectivity index (χ2n) is 7.25. The van der Waals surface area contributed by atoms with Gasteiger partial charge in [-0.25, -0.2) is 0 Å². The van der Waals surface area contributed by atoms with Crippen molar-refractivity contribution in [3.63, 3.8) is 0 Å². The van der Waals surface area contributed by atoms with Gasteiger partial charge in [0.1, 0.15) is 0 Å². The van der Waals surface area contributed by atoms with Crippen LogP contribution in [0.1, 0.15) is 25.7 Å². The maximum absolute atomic E-state index is 7.62. The van der Waals surface area contributed by atoms with Gasteiger partial charge >= 0.3 is 20.1 Å². The van der Waals surface area contributed by atoms with Crippen LogP contribution in [0.3, 0.4) is 0 Å². The van der Waals surface area contributed by atoms with Crippen LogP contribution in [0.2, 0.25) is 0 Å². The van der Waals surface area contributed by atoms with Crippen LogP contribution in [-0.4, -0.2) is 16.8 Å². The summed E-state index contributed by atoms with van der Waals surface area (Å²) < 4.78 is 37.0. The fraction of sp³-hybridized carbons (Fsp3) is 0.138. The predicted molar refractivity (Wildman–Crippen MR) is 136 cm³/mol. The van der Waals surface area contributed by atoms with Crippen LogP contribution in [0.25, 0.3) is 22.1 Å². The van der Waals surface area contributed by atoms with E-state index in [1.165, 1.54) is 16.0 Å². The van der Waals surface area contributed by atoms with Gasteiger partial charge in [-0.1, -0.05) is 41.5 Å². The van der Waals surface area contributed by atoms with Crippen LogP contribution in [0.15, 0.2) is 114 Å². The molecule has 0 bridgehead atoms. The molecule has 2 heterocycles. The summed E-state index contributed by atoms with van der Waals surface area (Å²) in [7, 11) is 0. The summed E-state index contributed by atoms with van der Waals surface area (Å²) in [5.74, 6) is 0. The van der Waals surface area contributed by atoms with E-state index in [2.05, 4.69) is 34.6 Å². The minimum atomic E-state index is -2.33. The maximum atomic E-state index is 7.62. The minimum Gasteiger partial charge on any atom is -0.739 e. The standard InChI is InChI=1S/C18H17NS.C11H8N.Ir/c1-12(2)11-19-13(3)14-8-9-16-15-6-4-5-7-17(15)20-18(16)10-14;1-2-6-10(7-3-1)11-8-4-5-9-12-11;/h4-7,9,18H,1,3,10-11H2,2H3;1-6,8-9H;/q-2;-1;+3/i1D,2D3,3D;;. The van der Waals surface area contributed by atoms with Gasteiger partial charge in [-0.05, 0) is 36.3 Å². The minimum absolute atomic E-state index is 0. The first-order chi connectivity index (χ1) is 17.9. The zero-order valence-corrected chi connectivity index (χ0v) is 21.0. The number of nitrogens with zero attached hydrogens (tertiary/aromatic N) is 2. The fourth-order valence-corrected chi connectivity index (χ4v) is 4.80. The van der Waals surface area contributed by atoms with E-state index in [0.717, 1.165) is 29.9 Å². The van der Waals surface area contributed by atoms with Crippen LogP contribution in [0.5, 0.6) is 0 Å². The van der Waals surface area contributed by atoms with Crippen molar-refractivity contribution in [2.45, 2.75) is 23.4 Å². The average molecular weight is 631 g/mol. The molecule has 33 heavy (non-hydrogen) atoms. The molecule has 0 amide bonds. The predicted octanol–water partition coefficient (Wildman–Crippen LogP) is 7.69. The quantitative estimate of drug-likeness (QED) is 0.214. The van der Waals surface area contributed by atoms with Crippen molar-refractivity contribution < 1.29 is 27.0 Å². The van der Waals surface area contributed by atoms with E-state index in [4.69, 9.17) is 6.85 Å². The summed E-state index contributed by atoms with van der Waals surface area (Å²) in [4.78, 5) is 5.46. The Labute approximate surface area is 222 Å². The van der Waals surface area contributed by atoms with Crippen molar-refractivity contribution in [2.75, 3.05) is 6.54 Å².